The molecule has 1 rings (SSSR count). The minimum Gasteiger partial charge on any atom is -0.385 e. The molecule has 2 unspecified atom stereocenters. The molecule has 0 aliphatic rings. The summed E-state index contributed by atoms with van der Waals surface area (Å²) in [5.74, 6) is 0.720. The van der Waals surface area contributed by atoms with Crippen LogP contribution in [0.1, 0.15) is 38.7 Å². The number of halogens is 1. The molecule has 2 atom stereocenters. The molecule has 0 spiro atoms. The second-order valence-corrected chi connectivity index (χ2v) is 4.80. The summed E-state index contributed by atoms with van der Waals surface area (Å²) in [6, 6.07) is 9.87. The molecule has 0 amide bonds. The molecule has 1 N–H and O–H groups in total. The molecule has 0 bridgehead atoms. The zero-order valence-electron chi connectivity index (χ0n) is 10.1. The van der Waals surface area contributed by atoms with Gasteiger partial charge < -0.3 is 5.11 Å². The molecule has 16 heavy (non-hydrogen) atoms. The van der Waals surface area contributed by atoms with Crippen molar-refractivity contribution in [3.63, 3.8) is 0 Å². The van der Waals surface area contributed by atoms with E-state index in [1.165, 1.54) is 0 Å². The van der Waals surface area contributed by atoms with E-state index in [0.717, 1.165) is 18.4 Å². The number of aliphatic hydroxyl groups is 1. The Balaban J connectivity index is 2.96. The molecule has 1 nitrogen and oxygen atoms in total. The molecular formula is C14H21ClO. The molecule has 0 aromatic heterocycles. The number of benzene rings is 1. The quantitative estimate of drug-likeness (QED) is 0.747. The lowest BCUT2D eigenvalue weighted by molar-refractivity contribution is -0.0236. The monoisotopic (exact) mass is 240 g/mol. The molecule has 2 heteroatoms. The van der Waals surface area contributed by atoms with Crippen LogP contribution in [0.4, 0.5) is 0 Å². The summed E-state index contributed by atoms with van der Waals surface area (Å²) in [7, 11) is 0. The van der Waals surface area contributed by atoms with Gasteiger partial charge in [-0.1, -0.05) is 50.6 Å². The van der Waals surface area contributed by atoms with E-state index in [1.54, 1.807) is 0 Å². The van der Waals surface area contributed by atoms with E-state index < -0.39 is 5.60 Å². The fourth-order valence-corrected chi connectivity index (χ4v) is 2.51. The van der Waals surface area contributed by atoms with E-state index in [0.29, 0.717) is 12.3 Å². The van der Waals surface area contributed by atoms with Gasteiger partial charge in [0.25, 0.3) is 0 Å². The third kappa shape index (κ3) is 2.99. The summed E-state index contributed by atoms with van der Waals surface area (Å²) in [6.45, 7) is 4.24. The van der Waals surface area contributed by atoms with Gasteiger partial charge in [0, 0.05) is 5.88 Å². The SMILES string of the molecule is CCCC(C)C(O)(CCCl)c1ccccc1. The van der Waals surface area contributed by atoms with Crippen LogP contribution in [0, 0.1) is 5.92 Å². The summed E-state index contributed by atoms with van der Waals surface area (Å²) in [4.78, 5) is 0. The van der Waals surface area contributed by atoms with Crippen molar-refractivity contribution >= 4 is 11.6 Å². The molecule has 1 aromatic carbocycles. The highest BCUT2D eigenvalue weighted by molar-refractivity contribution is 6.17. The zero-order chi connectivity index (χ0) is 12.0. The van der Waals surface area contributed by atoms with Gasteiger partial charge in [-0.25, -0.2) is 0 Å². The maximum atomic E-state index is 10.8. The molecule has 90 valence electrons. The third-order valence-electron chi connectivity index (χ3n) is 3.29. The van der Waals surface area contributed by atoms with Crippen LogP contribution in [0.3, 0.4) is 0 Å². The fraction of sp³-hybridized carbons (Fsp3) is 0.571. The Morgan fingerprint density at radius 2 is 1.94 bits per heavy atom. The smallest absolute Gasteiger partial charge is 0.0933 e. The lowest BCUT2D eigenvalue weighted by Gasteiger charge is -2.34. The van der Waals surface area contributed by atoms with Crippen LogP contribution in [0.2, 0.25) is 0 Å². The Hall–Kier alpha value is -0.530. The van der Waals surface area contributed by atoms with Gasteiger partial charge in [-0.15, -0.1) is 11.6 Å². The Morgan fingerprint density at radius 1 is 1.31 bits per heavy atom. The lowest BCUT2D eigenvalue weighted by atomic mass is 9.78. The van der Waals surface area contributed by atoms with Crippen molar-refractivity contribution in [1.29, 1.82) is 0 Å². The maximum Gasteiger partial charge on any atom is 0.0933 e. The second-order valence-electron chi connectivity index (χ2n) is 4.42. The molecule has 0 heterocycles. The van der Waals surface area contributed by atoms with Gasteiger partial charge in [0.2, 0.25) is 0 Å². The first-order chi connectivity index (χ1) is 7.65. The van der Waals surface area contributed by atoms with Gasteiger partial charge in [-0.2, -0.15) is 0 Å². The van der Waals surface area contributed by atoms with E-state index in [1.807, 2.05) is 30.3 Å². The minimum absolute atomic E-state index is 0.235. The summed E-state index contributed by atoms with van der Waals surface area (Å²) in [6.07, 6.45) is 2.71. The average molecular weight is 241 g/mol. The first-order valence-corrected chi connectivity index (χ1v) is 6.52. The normalized spacial score (nSPS) is 16.8. The molecule has 1 aromatic rings. The van der Waals surface area contributed by atoms with E-state index >= 15 is 0 Å². The van der Waals surface area contributed by atoms with Crippen LogP contribution in [0.5, 0.6) is 0 Å². The van der Waals surface area contributed by atoms with E-state index in [9.17, 15) is 5.11 Å². The van der Waals surface area contributed by atoms with Crippen molar-refractivity contribution in [2.45, 2.75) is 38.7 Å². The number of hydrogen-bond acceptors (Lipinski definition) is 1. The van der Waals surface area contributed by atoms with Crippen LogP contribution >= 0.6 is 11.6 Å². The highest BCUT2D eigenvalue weighted by Gasteiger charge is 2.34. The van der Waals surface area contributed by atoms with Crippen LogP contribution in [-0.4, -0.2) is 11.0 Å². The summed E-state index contributed by atoms with van der Waals surface area (Å²) in [5.41, 5.74) is 0.204. The summed E-state index contributed by atoms with van der Waals surface area (Å²) in [5, 5.41) is 10.8. The van der Waals surface area contributed by atoms with Gasteiger partial charge in [0.1, 0.15) is 0 Å². The Morgan fingerprint density at radius 3 is 2.44 bits per heavy atom. The second kappa shape index (κ2) is 6.27. The first kappa shape index (κ1) is 13.5. The van der Waals surface area contributed by atoms with Gasteiger partial charge in [0.15, 0.2) is 0 Å². The molecular weight excluding hydrogens is 220 g/mol. The standard InChI is InChI=1S/C14H21ClO/c1-3-7-12(2)14(16,10-11-15)13-8-5-4-6-9-13/h4-6,8-9,12,16H,3,7,10-11H2,1-2H3. The zero-order valence-corrected chi connectivity index (χ0v) is 10.9. The average Bonchev–Trinajstić information content (AvgIpc) is 2.30. The van der Waals surface area contributed by atoms with E-state index in [-0.39, 0.29) is 5.92 Å². The van der Waals surface area contributed by atoms with Gasteiger partial charge >= 0.3 is 0 Å². The molecule has 0 saturated carbocycles. The van der Waals surface area contributed by atoms with Gasteiger partial charge in [0.05, 0.1) is 5.60 Å². The van der Waals surface area contributed by atoms with Crippen molar-refractivity contribution in [1.82, 2.24) is 0 Å². The van der Waals surface area contributed by atoms with Crippen molar-refractivity contribution in [3.8, 4) is 0 Å². The Bertz CT molecular complexity index is 299. The number of hydrogen-bond donors (Lipinski definition) is 1. The van der Waals surface area contributed by atoms with Crippen molar-refractivity contribution < 1.29 is 5.11 Å². The topological polar surface area (TPSA) is 20.2 Å². The Kier molecular flexibility index (Phi) is 5.30. The molecule has 0 aliphatic carbocycles. The van der Waals surface area contributed by atoms with Gasteiger partial charge in [-0.3, -0.25) is 0 Å². The summed E-state index contributed by atoms with van der Waals surface area (Å²) >= 11 is 5.82. The first-order valence-electron chi connectivity index (χ1n) is 5.99. The summed E-state index contributed by atoms with van der Waals surface area (Å²) < 4.78 is 0. The molecule has 0 saturated heterocycles. The van der Waals surface area contributed by atoms with Gasteiger partial charge in [-0.05, 0) is 24.3 Å². The molecule has 0 aliphatic heterocycles. The highest BCUT2D eigenvalue weighted by atomic mass is 35.5. The molecule has 0 fully saturated rings. The predicted octanol–water partition coefficient (Wildman–Crippen LogP) is 3.94. The van der Waals surface area contributed by atoms with Crippen molar-refractivity contribution in [2.75, 3.05) is 5.88 Å². The number of rotatable bonds is 6. The number of alkyl halides is 1. The van der Waals surface area contributed by atoms with Crippen LogP contribution in [0.15, 0.2) is 30.3 Å². The van der Waals surface area contributed by atoms with E-state index in [4.69, 9.17) is 11.6 Å². The predicted molar refractivity (Wildman–Crippen MR) is 69.7 cm³/mol. The van der Waals surface area contributed by atoms with Crippen LogP contribution < -0.4 is 0 Å². The van der Waals surface area contributed by atoms with Crippen molar-refractivity contribution in [2.24, 2.45) is 5.92 Å². The van der Waals surface area contributed by atoms with Crippen molar-refractivity contribution in [3.05, 3.63) is 35.9 Å². The lowest BCUT2D eigenvalue weighted by Crippen LogP contribution is -2.34. The fourth-order valence-electron chi connectivity index (χ4n) is 2.22. The van der Waals surface area contributed by atoms with E-state index in [2.05, 4.69) is 13.8 Å². The van der Waals surface area contributed by atoms with Crippen LogP contribution in [-0.2, 0) is 5.60 Å². The maximum absolute atomic E-state index is 10.8. The highest BCUT2D eigenvalue weighted by Crippen LogP contribution is 2.35. The Labute approximate surface area is 103 Å². The largest absolute Gasteiger partial charge is 0.385 e. The van der Waals surface area contributed by atoms with Crippen LogP contribution in [0.25, 0.3) is 0 Å². The minimum atomic E-state index is -0.779. The molecule has 0 radical (unpaired) electrons. The third-order valence-corrected chi connectivity index (χ3v) is 3.48.